The van der Waals surface area contributed by atoms with Gasteiger partial charge in [0.2, 0.25) is 0 Å². The Morgan fingerprint density at radius 3 is 2.76 bits per heavy atom. The van der Waals surface area contributed by atoms with Crippen LogP contribution in [-0.4, -0.2) is 38.2 Å². The van der Waals surface area contributed by atoms with Crippen molar-refractivity contribution in [2.45, 2.75) is 13.0 Å². The first-order valence-corrected chi connectivity index (χ1v) is 7.23. The van der Waals surface area contributed by atoms with E-state index >= 15 is 0 Å². The fourth-order valence-corrected chi connectivity index (χ4v) is 1.87. The summed E-state index contributed by atoms with van der Waals surface area (Å²) in [5, 5.41) is 2.60. The number of carbonyl (C=O) groups is 2. The molecule has 0 fully saturated rings. The summed E-state index contributed by atoms with van der Waals surface area (Å²) in [4.78, 5) is 23.2. The Labute approximate surface area is 132 Å². The third-order valence-corrected chi connectivity index (χ3v) is 3.29. The number of rotatable bonds is 7. The number of ether oxygens (including phenoxy) is 2. The van der Waals surface area contributed by atoms with Crippen molar-refractivity contribution in [2.24, 2.45) is 0 Å². The van der Waals surface area contributed by atoms with Gasteiger partial charge in [0.05, 0.1) is 6.61 Å². The lowest BCUT2D eigenvalue weighted by molar-refractivity contribution is -0.150. The summed E-state index contributed by atoms with van der Waals surface area (Å²) < 4.78 is 10.7. The van der Waals surface area contributed by atoms with Crippen LogP contribution < -0.4 is 5.32 Å². The highest BCUT2D eigenvalue weighted by Gasteiger charge is 2.15. The van der Waals surface area contributed by atoms with E-state index in [2.05, 4.69) is 21.2 Å². The Kier molecular flexibility index (Phi) is 7.71. The summed E-state index contributed by atoms with van der Waals surface area (Å²) in [5.74, 6) is -0.921. The van der Waals surface area contributed by atoms with Gasteiger partial charge in [-0.05, 0) is 24.6 Å². The minimum atomic E-state index is -0.849. The summed E-state index contributed by atoms with van der Waals surface area (Å²) in [7, 11) is 1.54. The smallest absolute Gasteiger partial charge is 0.331 e. The van der Waals surface area contributed by atoms with Crippen molar-refractivity contribution < 1.29 is 19.1 Å². The van der Waals surface area contributed by atoms with Gasteiger partial charge in [-0.3, -0.25) is 4.79 Å². The number of nitrogens with one attached hydrogen (secondary N) is 1. The van der Waals surface area contributed by atoms with Gasteiger partial charge in [-0.2, -0.15) is 0 Å². The monoisotopic (exact) mass is 355 g/mol. The molecule has 0 unspecified atom stereocenters. The molecule has 0 heterocycles. The molecule has 1 amide bonds. The molecule has 1 rings (SSSR count). The Hall–Kier alpha value is -1.66. The number of halogens is 1. The van der Waals surface area contributed by atoms with Crippen molar-refractivity contribution in [1.82, 2.24) is 5.32 Å². The SMILES string of the molecule is COCCNC(=O)[C@H](C)OC(=O)/C=C/c1ccccc1Br. The number of methoxy groups -OCH3 is 1. The van der Waals surface area contributed by atoms with E-state index in [0.29, 0.717) is 13.2 Å². The van der Waals surface area contributed by atoms with Crippen molar-refractivity contribution in [1.29, 1.82) is 0 Å². The van der Waals surface area contributed by atoms with Crippen molar-refractivity contribution in [2.75, 3.05) is 20.3 Å². The van der Waals surface area contributed by atoms with E-state index in [-0.39, 0.29) is 5.91 Å². The predicted octanol–water partition coefficient (Wildman–Crippen LogP) is 2.16. The molecule has 0 radical (unpaired) electrons. The molecule has 0 aliphatic carbocycles. The Morgan fingerprint density at radius 2 is 2.10 bits per heavy atom. The van der Waals surface area contributed by atoms with E-state index < -0.39 is 12.1 Å². The van der Waals surface area contributed by atoms with Crippen molar-refractivity contribution in [3.8, 4) is 0 Å². The van der Waals surface area contributed by atoms with Crippen LogP contribution in [0.5, 0.6) is 0 Å². The molecule has 0 aromatic heterocycles. The molecular formula is C15H18BrNO4. The highest BCUT2D eigenvalue weighted by atomic mass is 79.9. The summed E-state index contributed by atoms with van der Waals surface area (Å²) in [6.07, 6.45) is 2.07. The molecule has 0 aliphatic rings. The molecule has 1 aromatic carbocycles. The van der Waals surface area contributed by atoms with Crippen LogP contribution in [0.15, 0.2) is 34.8 Å². The van der Waals surface area contributed by atoms with E-state index in [9.17, 15) is 9.59 Å². The maximum absolute atomic E-state index is 11.6. The molecule has 0 saturated carbocycles. The van der Waals surface area contributed by atoms with Crippen LogP contribution >= 0.6 is 15.9 Å². The summed E-state index contributed by atoms with van der Waals surface area (Å²) >= 11 is 3.38. The molecule has 0 aliphatic heterocycles. The molecule has 5 nitrogen and oxygen atoms in total. The lowest BCUT2D eigenvalue weighted by Gasteiger charge is -2.11. The number of esters is 1. The fourth-order valence-electron chi connectivity index (χ4n) is 1.46. The third kappa shape index (κ3) is 6.55. The first-order chi connectivity index (χ1) is 10.0. The Morgan fingerprint density at radius 1 is 1.38 bits per heavy atom. The molecule has 21 heavy (non-hydrogen) atoms. The number of amides is 1. The first kappa shape index (κ1) is 17.4. The topological polar surface area (TPSA) is 64.6 Å². The Balaban J connectivity index is 2.46. The lowest BCUT2D eigenvalue weighted by atomic mass is 10.2. The maximum atomic E-state index is 11.6. The molecule has 1 N–H and O–H groups in total. The van der Waals surface area contributed by atoms with Crippen LogP contribution in [0, 0.1) is 0 Å². The number of benzene rings is 1. The zero-order valence-electron chi connectivity index (χ0n) is 12.0. The van der Waals surface area contributed by atoms with E-state index in [0.717, 1.165) is 10.0 Å². The Bertz CT molecular complexity index is 516. The van der Waals surface area contributed by atoms with Crippen LogP contribution in [0.4, 0.5) is 0 Å². The molecule has 114 valence electrons. The first-order valence-electron chi connectivity index (χ1n) is 6.44. The second-order valence-electron chi connectivity index (χ2n) is 4.22. The second kappa shape index (κ2) is 9.31. The molecule has 0 saturated heterocycles. The highest BCUT2D eigenvalue weighted by molar-refractivity contribution is 9.10. The van der Waals surface area contributed by atoms with Crippen LogP contribution in [0.25, 0.3) is 6.08 Å². The van der Waals surface area contributed by atoms with Crippen LogP contribution in [0.1, 0.15) is 12.5 Å². The van der Waals surface area contributed by atoms with E-state index in [4.69, 9.17) is 9.47 Å². The van der Waals surface area contributed by atoms with Crippen LogP contribution in [-0.2, 0) is 19.1 Å². The van der Waals surface area contributed by atoms with Gasteiger partial charge in [-0.1, -0.05) is 34.1 Å². The summed E-state index contributed by atoms with van der Waals surface area (Å²) in [5.41, 5.74) is 0.853. The van der Waals surface area contributed by atoms with E-state index in [1.807, 2.05) is 24.3 Å². The molecule has 0 spiro atoms. The standard InChI is InChI=1S/C15H18BrNO4/c1-11(15(19)17-9-10-20-2)21-14(18)8-7-12-5-3-4-6-13(12)16/h3-8,11H,9-10H2,1-2H3,(H,17,19)/b8-7+/t11-/m0/s1. The van der Waals surface area contributed by atoms with Gasteiger partial charge in [-0.25, -0.2) is 4.79 Å². The zero-order chi connectivity index (χ0) is 15.7. The van der Waals surface area contributed by atoms with E-state index in [1.165, 1.54) is 13.0 Å². The third-order valence-electron chi connectivity index (χ3n) is 2.57. The zero-order valence-corrected chi connectivity index (χ0v) is 13.6. The van der Waals surface area contributed by atoms with Crippen molar-refractivity contribution >= 4 is 33.9 Å². The fraction of sp³-hybridized carbons (Fsp3) is 0.333. The largest absolute Gasteiger partial charge is 0.449 e. The van der Waals surface area contributed by atoms with Gasteiger partial charge in [0, 0.05) is 24.2 Å². The second-order valence-corrected chi connectivity index (χ2v) is 5.07. The normalized spacial score (nSPS) is 12.1. The molecule has 1 aromatic rings. The van der Waals surface area contributed by atoms with Crippen molar-refractivity contribution in [3.05, 3.63) is 40.4 Å². The van der Waals surface area contributed by atoms with Gasteiger partial charge >= 0.3 is 5.97 Å². The quantitative estimate of drug-likeness (QED) is 0.462. The van der Waals surface area contributed by atoms with Gasteiger partial charge in [0.1, 0.15) is 0 Å². The van der Waals surface area contributed by atoms with Crippen LogP contribution in [0.2, 0.25) is 0 Å². The summed E-state index contributed by atoms with van der Waals surface area (Å²) in [6, 6.07) is 7.47. The number of hydrogen-bond donors (Lipinski definition) is 1. The van der Waals surface area contributed by atoms with Gasteiger partial charge in [0.15, 0.2) is 6.10 Å². The highest BCUT2D eigenvalue weighted by Crippen LogP contribution is 2.17. The molecule has 1 atom stereocenters. The van der Waals surface area contributed by atoms with Gasteiger partial charge in [-0.15, -0.1) is 0 Å². The average molecular weight is 356 g/mol. The minimum absolute atomic E-state index is 0.352. The predicted molar refractivity (Wildman–Crippen MR) is 83.6 cm³/mol. The average Bonchev–Trinajstić information content (AvgIpc) is 2.46. The lowest BCUT2D eigenvalue weighted by Crippen LogP contribution is -2.37. The maximum Gasteiger partial charge on any atom is 0.331 e. The minimum Gasteiger partial charge on any atom is -0.449 e. The van der Waals surface area contributed by atoms with Gasteiger partial charge < -0.3 is 14.8 Å². The summed E-state index contributed by atoms with van der Waals surface area (Å²) in [6.45, 7) is 2.31. The number of hydrogen-bond acceptors (Lipinski definition) is 4. The molecular weight excluding hydrogens is 338 g/mol. The molecule has 6 heteroatoms. The van der Waals surface area contributed by atoms with E-state index in [1.54, 1.807) is 13.2 Å². The van der Waals surface area contributed by atoms with Crippen LogP contribution in [0.3, 0.4) is 0 Å². The van der Waals surface area contributed by atoms with Crippen molar-refractivity contribution in [3.63, 3.8) is 0 Å². The number of carbonyl (C=O) groups excluding carboxylic acids is 2. The molecule has 0 bridgehead atoms. The van der Waals surface area contributed by atoms with Gasteiger partial charge in [0.25, 0.3) is 5.91 Å².